The van der Waals surface area contributed by atoms with Crippen molar-refractivity contribution in [3.63, 3.8) is 0 Å². The molecule has 0 aliphatic carbocycles. The molecule has 0 bridgehead atoms. The third-order valence-electron chi connectivity index (χ3n) is 5.73. The maximum atomic E-state index is 12.8. The standard InChI is InChI=1S/C20H29N3O2/c1-15-13-17-14-16(6-9-22-10-7-21-8-11-22)4-5-18(17)23(15)20(24)19-3-2-12-25-19/h4-5,14-15,19,21H,2-3,6-13H2,1H3. The molecule has 1 aromatic rings. The number of rotatable bonds is 4. The van der Waals surface area contributed by atoms with Gasteiger partial charge in [-0.15, -0.1) is 0 Å². The number of carbonyl (C=O) groups excluding carboxylic acids is 1. The van der Waals surface area contributed by atoms with Crippen LogP contribution in [0.2, 0.25) is 0 Å². The zero-order chi connectivity index (χ0) is 17.2. The van der Waals surface area contributed by atoms with Gasteiger partial charge in [0.05, 0.1) is 0 Å². The molecule has 25 heavy (non-hydrogen) atoms. The first kappa shape index (κ1) is 17.0. The van der Waals surface area contributed by atoms with E-state index in [2.05, 4.69) is 35.3 Å². The number of benzene rings is 1. The average Bonchev–Trinajstić information content (AvgIpc) is 3.27. The molecular formula is C20H29N3O2. The summed E-state index contributed by atoms with van der Waals surface area (Å²) < 4.78 is 5.62. The van der Waals surface area contributed by atoms with Crippen LogP contribution in [0.5, 0.6) is 0 Å². The van der Waals surface area contributed by atoms with Gasteiger partial charge in [-0.25, -0.2) is 0 Å². The lowest BCUT2D eigenvalue weighted by Gasteiger charge is -2.27. The van der Waals surface area contributed by atoms with Crippen LogP contribution in [-0.4, -0.2) is 62.3 Å². The Hall–Kier alpha value is -1.43. The van der Waals surface area contributed by atoms with Crippen molar-refractivity contribution >= 4 is 11.6 Å². The fourth-order valence-electron chi connectivity index (χ4n) is 4.33. The number of amides is 1. The van der Waals surface area contributed by atoms with Crippen LogP contribution >= 0.6 is 0 Å². The highest BCUT2D eigenvalue weighted by Crippen LogP contribution is 2.34. The van der Waals surface area contributed by atoms with Gasteiger partial charge in [0.15, 0.2) is 0 Å². The summed E-state index contributed by atoms with van der Waals surface area (Å²) in [6, 6.07) is 6.90. The summed E-state index contributed by atoms with van der Waals surface area (Å²) in [6.45, 7) is 8.47. The molecule has 5 nitrogen and oxygen atoms in total. The van der Waals surface area contributed by atoms with Gasteiger partial charge in [0, 0.05) is 51.1 Å². The molecule has 0 radical (unpaired) electrons. The topological polar surface area (TPSA) is 44.8 Å². The Morgan fingerprint density at radius 2 is 2.16 bits per heavy atom. The van der Waals surface area contributed by atoms with Crippen LogP contribution in [0.3, 0.4) is 0 Å². The Morgan fingerprint density at radius 3 is 2.92 bits per heavy atom. The van der Waals surface area contributed by atoms with Gasteiger partial charge in [-0.3, -0.25) is 4.79 Å². The largest absolute Gasteiger partial charge is 0.368 e. The van der Waals surface area contributed by atoms with Gasteiger partial charge >= 0.3 is 0 Å². The quantitative estimate of drug-likeness (QED) is 0.902. The van der Waals surface area contributed by atoms with E-state index >= 15 is 0 Å². The Balaban J connectivity index is 1.43. The van der Waals surface area contributed by atoms with E-state index in [0.717, 1.165) is 70.7 Å². The number of fused-ring (bicyclic) bond motifs is 1. The van der Waals surface area contributed by atoms with Crippen molar-refractivity contribution in [1.82, 2.24) is 10.2 Å². The first-order valence-electron chi connectivity index (χ1n) is 9.72. The minimum absolute atomic E-state index is 0.150. The molecule has 0 spiro atoms. The van der Waals surface area contributed by atoms with Crippen molar-refractivity contribution in [1.29, 1.82) is 0 Å². The highest BCUT2D eigenvalue weighted by Gasteiger charge is 2.36. The lowest BCUT2D eigenvalue weighted by Crippen LogP contribution is -2.44. The van der Waals surface area contributed by atoms with E-state index in [0.29, 0.717) is 0 Å². The molecule has 3 aliphatic heterocycles. The third kappa shape index (κ3) is 3.59. The smallest absolute Gasteiger partial charge is 0.256 e. The molecule has 2 saturated heterocycles. The Labute approximate surface area is 150 Å². The lowest BCUT2D eigenvalue weighted by atomic mass is 10.0. The van der Waals surface area contributed by atoms with Gasteiger partial charge in [-0.2, -0.15) is 0 Å². The van der Waals surface area contributed by atoms with Gasteiger partial charge in [0.2, 0.25) is 0 Å². The lowest BCUT2D eigenvalue weighted by molar-refractivity contribution is -0.127. The molecule has 0 aromatic heterocycles. The van der Waals surface area contributed by atoms with Crippen LogP contribution in [0.25, 0.3) is 0 Å². The molecule has 5 heteroatoms. The van der Waals surface area contributed by atoms with Crippen LogP contribution in [0, 0.1) is 0 Å². The first-order valence-corrected chi connectivity index (χ1v) is 9.72. The summed E-state index contributed by atoms with van der Waals surface area (Å²) in [6.07, 6.45) is 3.66. The fraction of sp³-hybridized carbons (Fsp3) is 0.650. The monoisotopic (exact) mass is 343 g/mol. The van der Waals surface area contributed by atoms with E-state index in [1.807, 2.05) is 4.90 Å². The van der Waals surface area contributed by atoms with Crippen molar-refractivity contribution in [3.05, 3.63) is 29.3 Å². The second-order valence-corrected chi connectivity index (χ2v) is 7.57. The minimum Gasteiger partial charge on any atom is -0.368 e. The molecule has 2 unspecified atom stereocenters. The highest BCUT2D eigenvalue weighted by molar-refractivity contribution is 5.99. The first-order chi connectivity index (χ1) is 12.2. The number of ether oxygens (including phenoxy) is 1. The number of nitrogens with zero attached hydrogens (tertiary/aromatic N) is 2. The molecule has 1 amide bonds. The molecule has 136 valence electrons. The summed E-state index contributed by atoms with van der Waals surface area (Å²) in [5.74, 6) is 0.150. The zero-order valence-electron chi connectivity index (χ0n) is 15.2. The highest BCUT2D eigenvalue weighted by atomic mass is 16.5. The van der Waals surface area contributed by atoms with Gasteiger partial charge in [0.25, 0.3) is 5.91 Å². The summed E-state index contributed by atoms with van der Waals surface area (Å²) >= 11 is 0. The molecular weight excluding hydrogens is 314 g/mol. The summed E-state index contributed by atoms with van der Waals surface area (Å²) in [4.78, 5) is 17.3. The number of carbonyl (C=O) groups is 1. The summed E-state index contributed by atoms with van der Waals surface area (Å²) in [5.41, 5.74) is 3.80. The average molecular weight is 343 g/mol. The van der Waals surface area contributed by atoms with Crippen LogP contribution in [0.4, 0.5) is 5.69 Å². The van der Waals surface area contributed by atoms with Gasteiger partial charge < -0.3 is 19.9 Å². The molecule has 4 rings (SSSR count). The van der Waals surface area contributed by atoms with Crippen molar-refractivity contribution < 1.29 is 9.53 Å². The van der Waals surface area contributed by atoms with E-state index in [1.54, 1.807) is 0 Å². The van der Waals surface area contributed by atoms with E-state index in [1.165, 1.54) is 11.1 Å². The molecule has 2 atom stereocenters. The molecule has 1 aromatic carbocycles. The number of hydrogen-bond donors (Lipinski definition) is 1. The molecule has 3 aliphatic rings. The van der Waals surface area contributed by atoms with E-state index in [9.17, 15) is 4.79 Å². The van der Waals surface area contributed by atoms with Crippen molar-refractivity contribution in [2.45, 2.75) is 44.8 Å². The van der Waals surface area contributed by atoms with Crippen LogP contribution < -0.4 is 10.2 Å². The number of hydrogen-bond acceptors (Lipinski definition) is 4. The number of piperazine rings is 1. The molecule has 2 fully saturated rings. The second-order valence-electron chi connectivity index (χ2n) is 7.57. The molecule has 3 heterocycles. The van der Waals surface area contributed by atoms with Crippen molar-refractivity contribution in [2.24, 2.45) is 0 Å². The van der Waals surface area contributed by atoms with Gasteiger partial charge in [-0.1, -0.05) is 12.1 Å². The normalized spacial score (nSPS) is 26.8. The summed E-state index contributed by atoms with van der Waals surface area (Å²) in [7, 11) is 0. The number of nitrogens with one attached hydrogen (secondary N) is 1. The van der Waals surface area contributed by atoms with Gasteiger partial charge in [-0.05, 0) is 49.8 Å². The Bertz CT molecular complexity index is 621. The Morgan fingerprint density at radius 1 is 1.32 bits per heavy atom. The van der Waals surface area contributed by atoms with Crippen LogP contribution in [-0.2, 0) is 22.4 Å². The fourth-order valence-corrected chi connectivity index (χ4v) is 4.33. The van der Waals surface area contributed by atoms with Crippen molar-refractivity contribution in [3.8, 4) is 0 Å². The van der Waals surface area contributed by atoms with Crippen LogP contribution in [0.15, 0.2) is 18.2 Å². The SMILES string of the molecule is CC1Cc2cc(CCN3CCNCC3)ccc2N1C(=O)C1CCCO1. The van der Waals surface area contributed by atoms with Gasteiger partial charge in [0.1, 0.15) is 6.10 Å². The predicted octanol–water partition coefficient (Wildman–Crippen LogP) is 1.59. The van der Waals surface area contributed by atoms with E-state index in [4.69, 9.17) is 4.74 Å². The third-order valence-corrected chi connectivity index (χ3v) is 5.73. The molecule has 1 N–H and O–H groups in total. The zero-order valence-corrected chi connectivity index (χ0v) is 15.2. The molecule has 0 saturated carbocycles. The minimum atomic E-state index is -0.235. The van der Waals surface area contributed by atoms with Crippen molar-refractivity contribution in [2.75, 3.05) is 44.2 Å². The van der Waals surface area contributed by atoms with E-state index in [-0.39, 0.29) is 18.1 Å². The second kappa shape index (κ2) is 7.44. The number of anilines is 1. The maximum absolute atomic E-state index is 12.8. The predicted molar refractivity (Wildman–Crippen MR) is 99.1 cm³/mol. The Kier molecular flexibility index (Phi) is 5.06. The van der Waals surface area contributed by atoms with Crippen LogP contribution in [0.1, 0.15) is 30.9 Å². The van der Waals surface area contributed by atoms with E-state index < -0.39 is 0 Å². The maximum Gasteiger partial charge on any atom is 0.256 e. The summed E-state index contributed by atoms with van der Waals surface area (Å²) in [5, 5.41) is 3.40.